The topological polar surface area (TPSA) is 83.7 Å². The molecule has 0 heterocycles. The number of benzene rings is 1. The number of hydrogen-bond acceptors (Lipinski definition) is 4. The van der Waals surface area contributed by atoms with E-state index in [0.717, 1.165) is 9.87 Å². The Bertz CT molecular complexity index is 582. The Labute approximate surface area is 113 Å². The minimum absolute atomic E-state index is 0.0205. The predicted octanol–water partition coefficient (Wildman–Crippen LogP) is 0.286. The molecule has 0 aliphatic rings. The fourth-order valence-electron chi connectivity index (χ4n) is 1.49. The van der Waals surface area contributed by atoms with Crippen molar-refractivity contribution in [1.82, 2.24) is 9.21 Å². The normalized spacial score (nSPS) is 11.6. The van der Waals surface area contributed by atoms with E-state index >= 15 is 0 Å². The van der Waals surface area contributed by atoms with Crippen molar-refractivity contribution in [2.45, 2.75) is 11.8 Å². The monoisotopic (exact) mass is 285 g/mol. The zero-order chi connectivity index (χ0) is 14.8. The van der Waals surface area contributed by atoms with Crippen molar-refractivity contribution in [3.63, 3.8) is 0 Å². The number of carbonyl (C=O) groups is 1. The number of hydrogen-bond donors (Lipinski definition) is 1. The largest absolute Gasteiger partial charge is 0.398 e. The SMILES string of the molecule is Cc1ccc(S(=O)(=O)N(C)CC(=O)N(C)C)c(N)c1. The molecule has 0 unspecified atom stereocenters. The summed E-state index contributed by atoms with van der Waals surface area (Å²) in [7, 11) is 0.748. The Morgan fingerprint density at radius 2 is 1.84 bits per heavy atom. The molecular formula is C12H19N3O3S. The van der Waals surface area contributed by atoms with Crippen LogP contribution in [0.25, 0.3) is 0 Å². The van der Waals surface area contributed by atoms with E-state index in [-0.39, 0.29) is 23.0 Å². The molecule has 1 aromatic rings. The number of rotatable bonds is 4. The summed E-state index contributed by atoms with van der Waals surface area (Å²) in [4.78, 5) is 12.9. The van der Waals surface area contributed by atoms with Gasteiger partial charge in [0, 0.05) is 21.1 Å². The summed E-state index contributed by atoms with van der Waals surface area (Å²) < 4.78 is 25.6. The van der Waals surface area contributed by atoms with Crippen LogP contribution >= 0.6 is 0 Å². The Kier molecular flexibility index (Phi) is 4.54. The second-order valence-electron chi connectivity index (χ2n) is 4.59. The first-order chi connectivity index (χ1) is 8.66. The van der Waals surface area contributed by atoms with Crippen LogP contribution in [0.5, 0.6) is 0 Å². The van der Waals surface area contributed by atoms with Crippen LogP contribution in [0.3, 0.4) is 0 Å². The van der Waals surface area contributed by atoms with Gasteiger partial charge in [0.15, 0.2) is 0 Å². The lowest BCUT2D eigenvalue weighted by Gasteiger charge is -2.20. The van der Waals surface area contributed by atoms with Gasteiger partial charge in [-0.15, -0.1) is 0 Å². The number of anilines is 1. The van der Waals surface area contributed by atoms with Crippen LogP contribution in [0.1, 0.15) is 5.56 Å². The summed E-state index contributed by atoms with van der Waals surface area (Å²) in [5.41, 5.74) is 6.80. The van der Waals surface area contributed by atoms with E-state index in [4.69, 9.17) is 5.73 Å². The third-order valence-electron chi connectivity index (χ3n) is 2.71. The number of nitrogens with two attached hydrogens (primary N) is 1. The maximum absolute atomic E-state index is 12.3. The number of nitrogen functional groups attached to an aromatic ring is 1. The summed E-state index contributed by atoms with van der Waals surface area (Å²) >= 11 is 0. The molecule has 0 spiro atoms. The van der Waals surface area contributed by atoms with Gasteiger partial charge in [-0.05, 0) is 24.6 Å². The number of carbonyl (C=O) groups excluding carboxylic acids is 1. The second kappa shape index (κ2) is 5.58. The van der Waals surface area contributed by atoms with Gasteiger partial charge in [0.1, 0.15) is 4.90 Å². The number of nitrogens with zero attached hydrogens (tertiary/aromatic N) is 2. The molecule has 19 heavy (non-hydrogen) atoms. The number of sulfonamides is 1. The Balaban J connectivity index is 3.07. The van der Waals surface area contributed by atoms with E-state index in [1.54, 1.807) is 26.2 Å². The van der Waals surface area contributed by atoms with Crippen molar-refractivity contribution in [1.29, 1.82) is 0 Å². The van der Waals surface area contributed by atoms with Gasteiger partial charge in [-0.2, -0.15) is 4.31 Å². The van der Waals surface area contributed by atoms with Crippen LogP contribution in [-0.2, 0) is 14.8 Å². The third-order valence-corrected chi connectivity index (χ3v) is 4.59. The highest BCUT2D eigenvalue weighted by atomic mass is 32.2. The van der Waals surface area contributed by atoms with Crippen LogP contribution in [0, 0.1) is 6.92 Å². The highest BCUT2D eigenvalue weighted by Gasteiger charge is 2.25. The van der Waals surface area contributed by atoms with Crippen molar-refractivity contribution < 1.29 is 13.2 Å². The fraction of sp³-hybridized carbons (Fsp3) is 0.417. The molecule has 0 aromatic heterocycles. The van der Waals surface area contributed by atoms with E-state index in [0.29, 0.717) is 0 Å². The molecule has 6 nitrogen and oxygen atoms in total. The van der Waals surface area contributed by atoms with Gasteiger partial charge in [-0.1, -0.05) is 6.07 Å². The summed E-state index contributed by atoms with van der Waals surface area (Å²) in [5, 5.41) is 0. The summed E-state index contributed by atoms with van der Waals surface area (Å²) in [5.74, 6) is -0.295. The molecule has 106 valence electrons. The Hall–Kier alpha value is -1.60. The fourth-order valence-corrected chi connectivity index (χ4v) is 2.70. The molecule has 0 saturated carbocycles. The zero-order valence-corrected chi connectivity index (χ0v) is 12.4. The van der Waals surface area contributed by atoms with Crippen molar-refractivity contribution in [3.05, 3.63) is 23.8 Å². The van der Waals surface area contributed by atoms with Crippen molar-refractivity contribution in [2.24, 2.45) is 0 Å². The second-order valence-corrected chi connectivity index (χ2v) is 6.60. The lowest BCUT2D eigenvalue weighted by molar-refractivity contribution is -0.128. The smallest absolute Gasteiger partial charge is 0.245 e. The molecule has 1 rings (SSSR count). The molecule has 2 N–H and O–H groups in total. The van der Waals surface area contributed by atoms with E-state index in [1.165, 1.54) is 18.0 Å². The quantitative estimate of drug-likeness (QED) is 0.806. The van der Waals surface area contributed by atoms with Gasteiger partial charge in [0.05, 0.1) is 12.2 Å². The zero-order valence-electron chi connectivity index (χ0n) is 11.5. The highest BCUT2D eigenvalue weighted by molar-refractivity contribution is 7.89. The first kappa shape index (κ1) is 15.5. The van der Waals surface area contributed by atoms with Crippen molar-refractivity contribution in [3.8, 4) is 0 Å². The summed E-state index contributed by atoms with van der Waals surface area (Å²) in [6, 6.07) is 4.72. The van der Waals surface area contributed by atoms with Crippen LogP contribution in [0.15, 0.2) is 23.1 Å². The molecule has 1 amide bonds. The standard InChI is InChI=1S/C12H19N3O3S/c1-9-5-6-11(10(13)7-9)19(17,18)15(4)8-12(16)14(2)3/h5-7H,8,13H2,1-4H3. The van der Waals surface area contributed by atoms with Crippen LogP contribution in [0.2, 0.25) is 0 Å². The maximum atomic E-state index is 12.3. The average molecular weight is 285 g/mol. The molecule has 0 bridgehead atoms. The van der Waals surface area contributed by atoms with E-state index < -0.39 is 10.0 Å². The van der Waals surface area contributed by atoms with Gasteiger partial charge in [0.25, 0.3) is 0 Å². The van der Waals surface area contributed by atoms with Crippen LogP contribution in [0.4, 0.5) is 5.69 Å². The van der Waals surface area contributed by atoms with Crippen molar-refractivity contribution in [2.75, 3.05) is 33.4 Å². The molecule has 0 radical (unpaired) electrons. The molecule has 0 aliphatic heterocycles. The summed E-state index contributed by atoms with van der Waals surface area (Å²) in [6.45, 7) is 1.61. The third kappa shape index (κ3) is 3.45. The first-order valence-corrected chi connectivity index (χ1v) is 7.13. The van der Waals surface area contributed by atoms with Gasteiger partial charge < -0.3 is 10.6 Å². The molecule has 0 saturated heterocycles. The Morgan fingerprint density at radius 1 is 1.26 bits per heavy atom. The number of likely N-dealkylation sites (N-methyl/N-ethyl adjacent to an activating group) is 2. The molecular weight excluding hydrogens is 266 g/mol. The number of aryl methyl sites for hydroxylation is 1. The van der Waals surface area contributed by atoms with Gasteiger partial charge >= 0.3 is 0 Å². The minimum atomic E-state index is -3.75. The maximum Gasteiger partial charge on any atom is 0.245 e. The lowest BCUT2D eigenvalue weighted by Crippen LogP contribution is -2.37. The first-order valence-electron chi connectivity index (χ1n) is 5.69. The number of amides is 1. The van der Waals surface area contributed by atoms with Crippen molar-refractivity contribution >= 4 is 21.6 Å². The molecule has 0 atom stereocenters. The average Bonchev–Trinajstić information content (AvgIpc) is 2.27. The van der Waals surface area contributed by atoms with E-state index in [1.807, 2.05) is 6.92 Å². The van der Waals surface area contributed by atoms with Gasteiger partial charge in [0.2, 0.25) is 15.9 Å². The predicted molar refractivity (Wildman–Crippen MR) is 74.1 cm³/mol. The molecule has 0 fully saturated rings. The van der Waals surface area contributed by atoms with Crippen LogP contribution in [-0.4, -0.2) is 51.2 Å². The van der Waals surface area contributed by atoms with Gasteiger partial charge in [-0.25, -0.2) is 8.42 Å². The van der Waals surface area contributed by atoms with Crippen LogP contribution < -0.4 is 5.73 Å². The lowest BCUT2D eigenvalue weighted by atomic mass is 10.2. The van der Waals surface area contributed by atoms with E-state index in [9.17, 15) is 13.2 Å². The van der Waals surface area contributed by atoms with E-state index in [2.05, 4.69) is 0 Å². The molecule has 1 aromatic carbocycles. The molecule has 0 aliphatic carbocycles. The minimum Gasteiger partial charge on any atom is -0.398 e. The van der Waals surface area contributed by atoms with Gasteiger partial charge in [-0.3, -0.25) is 4.79 Å². The molecule has 7 heteroatoms. The summed E-state index contributed by atoms with van der Waals surface area (Å²) in [6.07, 6.45) is 0. The highest BCUT2D eigenvalue weighted by Crippen LogP contribution is 2.22. The Morgan fingerprint density at radius 3 is 2.32 bits per heavy atom.